The first-order valence-electron chi connectivity index (χ1n) is 4.17. The molecule has 1 aromatic heterocycles. The van der Waals surface area contributed by atoms with E-state index in [-0.39, 0.29) is 24.2 Å². The van der Waals surface area contributed by atoms with E-state index in [1.54, 1.807) is 13.8 Å². The van der Waals surface area contributed by atoms with Gasteiger partial charge in [0, 0.05) is 12.3 Å². The summed E-state index contributed by atoms with van der Waals surface area (Å²) < 4.78 is 0. The van der Waals surface area contributed by atoms with Crippen molar-refractivity contribution in [3.63, 3.8) is 0 Å². The van der Waals surface area contributed by atoms with Crippen LogP contribution in [0.1, 0.15) is 17.8 Å². The van der Waals surface area contributed by atoms with E-state index in [0.717, 1.165) is 11.4 Å². The molecule has 6 heteroatoms. The second kappa shape index (κ2) is 4.85. The Hall–Kier alpha value is -1.23. The molecule has 1 heterocycles. The number of nitrogens with zero attached hydrogens (tertiary/aromatic N) is 3. The summed E-state index contributed by atoms with van der Waals surface area (Å²) in [5, 5.41) is 10.1. The minimum absolute atomic E-state index is 0.204. The third-order valence-electron chi connectivity index (χ3n) is 1.66. The summed E-state index contributed by atoms with van der Waals surface area (Å²) >= 11 is 5.40. The van der Waals surface area contributed by atoms with Crippen molar-refractivity contribution in [3.8, 4) is 0 Å². The van der Waals surface area contributed by atoms with Crippen LogP contribution in [0.2, 0.25) is 0 Å². The third kappa shape index (κ3) is 2.92. The van der Waals surface area contributed by atoms with Gasteiger partial charge >= 0.3 is 0 Å². The van der Waals surface area contributed by atoms with Crippen LogP contribution >= 0.6 is 11.6 Å². The average molecular weight is 215 g/mol. The second-order valence-electron chi connectivity index (χ2n) is 2.79. The van der Waals surface area contributed by atoms with Gasteiger partial charge in [-0.05, 0) is 13.8 Å². The molecule has 0 aromatic carbocycles. The van der Waals surface area contributed by atoms with E-state index in [2.05, 4.69) is 20.5 Å². The number of alkyl halides is 1. The fourth-order valence-electron chi connectivity index (χ4n) is 0.783. The molecule has 0 saturated carbocycles. The highest BCUT2D eigenvalue weighted by Crippen LogP contribution is 2.02. The smallest absolute Gasteiger partial charge is 0.249 e. The van der Waals surface area contributed by atoms with Crippen molar-refractivity contribution in [3.05, 3.63) is 11.4 Å². The minimum atomic E-state index is -0.204. The first-order valence-corrected chi connectivity index (χ1v) is 4.70. The van der Waals surface area contributed by atoms with Crippen LogP contribution in [0.3, 0.4) is 0 Å². The third-order valence-corrected chi connectivity index (χ3v) is 1.85. The van der Waals surface area contributed by atoms with Gasteiger partial charge in [0.15, 0.2) is 0 Å². The van der Waals surface area contributed by atoms with Crippen LogP contribution in [-0.2, 0) is 4.79 Å². The molecule has 0 aliphatic carbocycles. The molecule has 0 spiro atoms. The Morgan fingerprint density at radius 1 is 1.36 bits per heavy atom. The van der Waals surface area contributed by atoms with Gasteiger partial charge in [0.25, 0.3) is 0 Å². The Kier molecular flexibility index (Phi) is 3.76. The van der Waals surface area contributed by atoms with Gasteiger partial charge in [0.1, 0.15) is 0 Å². The highest BCUT2D eigenvalue weighted by atomic mass is 35.5. The molecule has 1 aromatic rings. The molecule has 76 valence electrons. The van der Waals surface area contributed by atoms with Gasteiger partial charge < -0.3 is 0 Å². The molecule has 0 radical (unpaired) electrons. The van der Waals surface area contributed by atoms with E-state index in [0.29, 0.717) is 0 Å². The van der Waals surface area contributed by atoms with E-state index in [1.807, 2.05) is 0 Å². The van der Waals surface area contributed by atoms with Crippen LogP contribution in [-0.4, -0.2) is 27.0 Å². The molecule has 0 atom stereocenters. The molecule has 0 saturated heterocycles. The Bertz CT molecular complexity index is 342. The van der Waals surface area contributed by atoms with Gasteiger partial charge in [0.2, 0.25) is 11.9 Å². The van der Waals surface area contributed by atoms with Crippen molar-refractivity contribution < 1.29 is 4.79 Å². The zero-order valence-corrected chi connectivity index (χ0v) is 8.80. The molecule has 1 N–H and O–H groups in total. The standard InChI is InChI=1S/C8H11ClN4O/c1-5-6(2)12-13-8(10-5)11-7(14)3-4-9/h3-4H2,1-2H3,(H,10,11,13,14). The summed E-state index contributed by atoms with van der Waals surface area (Å²) in [6.07, 6.45) is 0.248. The van der Waals surface area contributed by atoms with Gasteiger partial charge in [-0.3, -0.25) is 10.1 Å². The lowest BCUT2D eigenvalue weighted by Crippen LogP contribution is -2.15. The molecule has 0 aliphatic heterocycles. The average Bonchev–Trinajstić information content (AvgIpc) is 2.12. The molecule has 1 rings (SSSR count). The predicted molar refractivity (Wildman–Crippen MR) is 53.3 cm³/mol. The molecule has 14 heavy (non-hydrogen) atoms. The zero-order chi connectivity index (χ0) is 10.6. The van der Waals surface area contributed by atoms with Gasteiger partial charge in [-0.2, -0.15) is 5.10 Å². The number of aromatic nitrogens is 3. The van der Waals surface area contributed by atoms with Crippen LogP contribution in [0.15, 0.2) is 0 Å². The molecular formula is C8H11ClN4O. The number of aryl methyl sites for hydroxylation is 2. The molecule has 0 fully saturated rings. The molecule has 0 bridgehead atoms. The normalized spacial score (nSPS) is 9.93. The van der Waals surface area contributed by atoms with E-state index < -0.39 is 0 Å². The number of rotatable bonds is 3. The van der Waals surface area contributed by atoms with Crippen molar-refractivity contribution in [2.24, 2.45) is 0 Å². The zero-order valence-electron chi connectivity index (χ0n) is 8.04. The lowest BCUT2D eigenvalue weighted by atomic mass is 10.4. The summed E-state index contributed by atoms with van der Waals surface area (Å²) in [5.41, 5.74) is 1.50. The van der Waals surface area contributed by atoms with E-state index >= 15 is 0 Å². The van der Waals surface area contributed by atoms with Gasteiger partial charge in [-0.25, -0.2) is 4.98 Å². The van der Waals surface area contributed by atoms with Gasteiger partial charge in [-0.15, -0.1) is 16.7 Å². The highest BCUT2D eigenvalue weighted by Gasteiger charge is 2.05. The van der Waals surface area contributed by atoms with Crippen molar-refractivity contribution in [2.45, 2.75) is 20.3 Å². The number of carbonyl (C=O) groups is 1. The van der Waals surface area contributed by atoms with E-state index in [4.69, 9.17) is 11.6 Å². The first kappa shape index (κ1) is 10.8. The Morgan fingerprint density at radius 2 is 2.07 bits per heavy atom. The largest absolute Gasteiger partial charge is 0.293 e. The summed E-state index contributed by atoms with van der Waals surface area (Å²) in [5.74, 6) is 0.303. The van der Waals surface area contributed by atoms with Crippen molar-refractivity contribution in [1.29, 1.82) is 0 Å². The molecule has 1 amide bonds. The van der Waals surface area contributed by atoms with Gasteiger partial charge in [-0.1, -0.05) is 0 Å². The van der Waals surface area contributed by atoms with Crippen molar-refractivity contribution in [2.75, 3.05) is 11.2 Å². The number of hydrogen-bond acceptors (Lipinski definition) is 4. The lowest BCUT2D eigenvalue weighted by Gasteiger charge is -2.02. The maximum Gasteiger partial charge on any atom is 0.249 e. The van der Waals surface area contributed by atoms with Gasteiger partial charge in [0.05, 0.1) is 11.4 Å². The Balaban J connectivity index is 2.68. The molecule has 0 aliphatic rings. The van der Waals surface area contributed by atoms with Crippen LogP contribution in [0.25, 0.3) is 0 Å². The number of amides is 1. The lowest BCUT2D eigenvalue weighted by molar-refractivity contribution is -0.115. The fraction of sp³-hybridized carbons (Fsp3) is 0.500. The first-order chi connectivity index (χ1) is 6.63. The second-order valence-corrected chi connectivity index (χ2v) is 3.17. The number of halogens is 1. The monoisotopic (exact) mass is 214 g/mol. The van der Waals surface area contributed by atoms with Crippen LogP contribution < -0.4 is 5.32 Å². The summed E-state index contributed by atoms with van der Waals surface area (Å²) in [4.78, 5) is 15.2. The summed E-state index contributed by atoms with van der Waals surface area (Å²) in [7, 11) is 0. The molecular weight excluding hydrogens is 204 g/mol. The predicted octanol–water partition coefficient (Wildman–Crippen LogP) is 1.06. The summed E-state index contributed by atoms with van der Waals surface area (Å²) in [6.45, 7) is 3.61. The molecule has 5 nitrogen and oxygen atoms in total. The number of anilines is 1. The van der Waals surface area contributed by atoms with Crippen molar-refractivity contribution >= 4 is 23.5 Å². The van der Waals surface area contributed by atoms with Crippen molar-refractivity contribution in [1.82, 2.24) is 15.2 Å². The maximum absolute atomic E-state index is 11.1. The quantitative estimate of drug-likeness (QED) is 0.764. The summed E-state index contributed by atoms with van der Waals surface area (Å²) in [6, 6.07) is 0. The van der Waals surface area contributed by atoms with E-state index in [1.165, 1.54) is 0 Å². The topological polar surface area (TPSA) is 67.8 Å². The van der Waals surface area contributed by atoms with Crippen LogP contribution in [0.4, 0.5) is 5.95 Å². The Morgan fingerprint density at radius 3 is 2.64 bits per heavy atom. The maximum atomic E-state index is 11.1. The van der Waals surface area contributed by atoms with Crippen LogP contribution in [0.5, 0.6) is 0 Å². The van der Waals surface area contributed by atoms with E-state index in [9.17, 15) is 4.79 Å². The number of nitrogens with one attached hydrogen (secondary N) is 1. The Labute approximate surface area is 86.9 Å². The van der Waals surface area contributed by atoms with Crippen LogP contribution in [0, 0.1) is 13.8 Å². The SMILES string of the molecule is Cc1nnc(NC(=O)CCCl)nc1C. The molecule has 0 unspecified atom stereocenters. The highest BCUT2D eigenvalue weighted by molar-refractivity contribution is 6.19. The number of hydrogen-bond donors (Lipinski definition) is 1. The number of carbonyl (C=O) groups excluding carboxylic acids is 1. The fourth-order valence-corrected chi connectivity index (χ4v) is 0.954. The minimum Gasteiger partial charge on any atom is -0.293 e.